The summed E-state index contributed by atoms with van der Waals surface area (Å²) in [5.74, 6) is -1.97. The van der Waals surface area contributed by atoms with Gasteiger partial charge in [0.25, 0.3) is 5.91 Å². The molecule has 0 saturated carbocycles. The maximum absolute atomic E-state index is 13.7. The molecule has 2 aliphatic heterocycles. The van der Waals surface area contributed by atoms with Crippen molar-refractivity contribution in [3.05, 3.63) is 47.0 Å². The zero-order chi connectivity index (χ0) is 18.0. The molecule has 2 heterocycles. The summed E-state index contributed by atoms with van der Waals surface area (Å²) in [6.07, 6.45) is 0. The fraction of sp³-hybridized carbons (Fsp3) is 0.444. The Kier molecular flexibility index (Phi) is 5.15. The summed E-state index contributed by atoms with van der Waals surface area (Å²) >= 11 is 0. The molecular weight excluding hydrogens is 327 g/mol. The van der Waals surface area contributed by atoms with Gasteiger partial charge in [0.05, 0.1) is 24.8 Å². The van der Waals surface area contributed by atoms with Crippen LogP contribution in [0, 0.1) is 5.82 Å². The lowest BCUT2D eigenvalue weighted by atomic mass is 9.96. The Labute approximate surface area is 145 Å². The van der Waals surface area contributed by atoms with Crippen LogP contribution in [-0.2, 0) is 14.3 Å². The number of ether oxygens (including phenoxy) is 1. The lowest BCUT2D eigenvalue weighted by molar-refractivity contribution is -0.129. The van der Waals surface area contributed by atoms with Crippen molar-refractivity contribution < 1.29 is 23.8 Å². The summed E-state index contributed by atoms with van der Waals surface area (Å²) in [6.45, 7) is 5.06. The number of aliphatic hydroxyl groups is 1. The summed E-state index contributed by atoms with van der Waals surface area (Å²) in [5.41, 5.74) is 0.502. The molecule has 6 nitrogen and oxygen atoms in total. The van der Waals surface area contributed by atoms with Gasteiger partial charge in [0, 0.05) is 26.2 Å². The second-order valence-electron chi connectivity index (χ2n) is 6.23. The molecule has 134 valence electrons. The minimum absolute atomic E-state index is 0.0255. The van der Waals surface area contributed by atoms with Crippen LogP contribution >= 0.6 is 0 Å². The van der Waals surface area contributed by atoms with E-state index < -0.39 is 29.3 Å². The number of hydrogen-bond donors (Lipinski definition) is 1. The maximum Gasteiger partial charge on any atom is 0.290 e. The first-order valence-electron chi connectivity index (χ1n) is 8.29. The minimum atomic E-state index is -0.762. The number of aliphatic hydroxyl groups excluding tert-OH is 1. The average Bonchev–Trinajstić information content (AvgIpc) is 2.85. The van der Waals surface area contributed by atoms with Gasteiger partial charge in [-0.05, 0) is 24.6 Å². The third kappa shape index (κ3) is 3.57. The first-order chi connectivity index (χ1) is 12.0. The van der Waals surface area contributed by atoms with Crippen LogP contribution in [0.3, 0.4) is 0 Å². The van der Waals surface area contributed by atoms with E-state index in [1.54, 1.807) is 6.07 Å². The summed E-state index contributed by atoms with van der Waals surface area (Å²) in [5, 5.41) is 10.2. The molecule has 7 heteroatoms. The third-order valence-electron chi connectivity index (χ3n) is 4.61. The fourth-order valence-electron chi connectivity index (χ4n) is 3.34. The highest BCUT2D eigenvalue weighted by atomic mass is 19.1. The van der Waals surface area contributed by atoms with E-state index in [0.29, 0.717) is 31.9 Å². The summed E-state index contributed by atoms with van der Waals surface area (Å²) in [4.78, 5) is 28.1. The Bertz CT molecular complexity index is 713. The number of hydrogen-bond acceptors (Lipinski definition) is 5. The third-order valence-corrected chi connectivity index (χ3v) is 4.61. The first-order valence-corrected chi connectivity index (χ1v) is 8.29. The van der Waals surface area contributed by atoms with Gasteiger partial charge < -0.3 is 14.7 Å². The summed E-state index contributed by atoms with van der Waals surface area (Å²) in [7, 11) is 0. The van der Waals surface area contributed by atoms with Crippen LogP contribution < -0.4 is 0 Å². The van der Waals surface area contributed by atoms with Crippen LogP contribution in [-0.4, -0.2) is 66.0 Å². The van der Waals surface area contributed by atoms with Gasteiger partial charge in [-0.15, -0.1) is 0 Å². The number of carbonyl (C=O) groups is 2. The molecule has 1 unspecified atom stereocenters. The molecule has 0 spiro atoms. The number of nitrogens with zero attached hydrogens (tertiary/aromatic N) is 2. The number of ketones is 1. The molecule has 25 heavy (non-hydrogen) atoms. The van der Waals surface area contributed by atoms with E-state index in [-0.39, 0.29) is 5.57 Å². The molecule has 1 atom stereocenters. The monoisotopic (exact) mass is 348 g/mol. The van der Waals surface area contributed by atoms with Gasteiger partial charge in [0.1, 0.15) is 5.82 Å². The van der Waals surface area contributed by atoms with Gasteiger partial charge in [-0.3, -0.25) is 14.5 Å². The topological polar surface area (TPSA) is 70.1 Å². The predicted molar refractivity (Wildman–Crippen MR) is 88.4 cm³/mol. The lowest BCUT2D eigenvalue weighted by Crippen LogP contribution is -2.43. The summed E-state index contributed by atoms with van der Waals surface area (Å²) < 4.78 is 19.0. The van der Waals surface area contributed by atoms with Crippen molar-refractivity contribution >= 4 is 11.7 Å². The smallest absolute Gasteiger partial charge is 0.290 e. The molecule has 0 bridgehead atoms. The number of benzene rings is 1. The van der Waals surface area contributed by atoms with Gasteiger partial charge in [0.15, 0.2) is 11.5 Å². The van der Waals surface area contributed by atoms with Crippen LogP contribution in [0.15, 0.2) is 35.6 Å². The Morgan fingerprint density at radius 1 is 1.32 bits per heavy atom. The van der Waals surface area contributed by atoms with Crippen molar-refractivity contribution in [3.8, 4) is 0 Å². The van der Waals surface area contributed by atoms with E-state index in [0.717, 1.165) is 13.1 Å². The number of morpholine rings is 1. The number of Topliss-reactive ketones (excluding diaryl/α,β-unsaturated/α-hetero) is 1. The SMILES string of the molecule is CC(=O)C1=C(O)C(=O)N(CCN2CCOCC2)C1c1cccc(F)c1. The maximum atomic E-state index is 13.7. The molecule has 1 aromatic rings. The molecule has 1 saturated heterocycles. The number of amides is 1. The molecule has 1 N–H and O–H groups in total. The molecule has 1 amide bonds. The van der Waals surface area contributed by atoms with Gasteiger partial charge in [-0.25, -0.2) is 4.39 Å². The van der Waals surface area contributed by atoms with Crippen molar-refractivity contribution in [2.45, 2.75) is 13.0 Å². The van der Waals surface area contributed by atoms with Crippen molar-refractivity contribution in [1.29, 1.82) is 0 Å². The van der Waals surface area contributed by atoms with E-state index in [9.17, 15) is 19.1 Å². The Morgan fingerprint density at radius 2 is 2.04 bits per heavy atom. The van der Waals surface area contributed by atoms with Gasteiger partial charge >= 0.3 is 0 Å². The Hall–Kier alpha value is -2.25. The molecule has 2 aliphatic rings. The molecule has 1 aromatic carbocycles. The van der Waals surface area contributed by atoms with Crippen molar-refractivity contribution in [2.24, 2.45) is 0 Å². The second kappa shape index (κ2) is 7.33. The molecule has 1 fully saturated rings. The van der Waals surface area contributed by atoms with Crippen LogP contribution in [0.25, 0.3) is 0 Å². The molecule has 3 rings (SSSR count). The first kappa shape index (κ1) is 17.6. The standard InChI is InChI=1S/C18H21FN2O4/c1-12(22)15-16(13-3-2-4-14(19)11-13)21(18(24)17(15)23)6-5-20-7-9-25-10-8-20/h2-4,11,16,23H,5-10H2,1H3. The second-order valence-corrected chi connectivity index (χ2v) is 6.23. The number of rotatable bonds is 5. The zero-order valence-corrected chi connectivity index (χ0v) is 14.1. The molecule has 0 radical (unpaired) electrons. The van der Waals surface area contributed by atoms with E-state index in [2.05, 4.69) is 4.90 Å². The van der Waals surface area contributed by atoms with Crippen LogP contribution in [0.4, 0.5) is 4.39 Å². The number of carbonyl (C=O) groups excluding carboxylic acids is 2. The lowest BCUT2D eigenvalue weighted by Gasteiger charge is -2.31. The minimum Gasteiger partial charge on any atom is -0.503 e. The zero-order valence-electron chi connectivity index (χ0n) is 14.1. The fourth-order valence-corrected chi connectivity index (χ4v) is 3.34. The highest BCUT2D eigenvalue weighted by Gasteiger charge is 2.42. The van der Waals surface area contributed by atoms with Crippen molar-refractivity contribution in [1.82, 2.24) is 9.80 Å². The van der Waals surface area contributed by atoms with Gasteiger partial charge in [-0.2, -0.15) is 0 Å². The van der Waals surface area contributed by atoms with E-state index in [1.165, 1.54) is 30.0 Å². The summed E-state index contributed by atoms with van der Waals surface area (Å²) in [6, 6.07) is 5.02. The normalized spacial score (nSPS) is 21.9. The Morgan fingerprint density at radius 3 is 2.68 bits per heavy atom. The molecule has 0 aromatic heterocycles. The predicted octanol–water partition coefficient (Wildman–Crippen LogP) is 1.44. The van der Waals surface area contributed by atoms with Gasteiger partial charge in [-0.1, -0.05) is 12.1 Å². The largest absolute Gasteiger partial charge is 0.503 e. The quantitative estimate of drug-likeness (QED) is 0.872. The highest BCUT2D eigenvalue weighted by molar-refractivity contribution is 6.08. The molecular formula is C18H21FN2O4. The highest BCUT2D eigenvalue weighted by Crippen LogP contribution is 2.37. The van der Waals surface area contributed by atoms with Crippen molar-refractivity contribution in [3.63, 3.8) is 0 Å². The molecule has 0 aliphatic carbocycles. The van der Waals surface area contributed by atoms with E-state index >= 15 is 0 Å². The average molecular weight is 348 g/mol. The van der Waals surface area contributed by atoms with E-state index in [1.807, 2.05) is 0 Å². The van der Waals surface area contributed by atoms with Crippen LogP contribution in [0.2, 0.25) is 0 Å². The van der Waals surface area contributed by atoms with Crippen LogP contribution in [0.5, 0.6) is 0 Å². The Balaban J connectivity index is 1.87. The number of halogens is 1. The van der Waals surface area contributed by atoms with Crippen LogP contribution in [0.1, 0.15) is 18.5 Å². The van der Waals surface area contributed by atoms with Crippen molar-refractivity contribution in [2.75, 3.05) is 39.4 Å². The van der Waals surface area contributed by atoms with Gasteiger partial charge in [0.2, 0.25) is 0 Å². The van der Waals surface area contributed by atoms with E-state index in [4.69, 9.17) is 4.74 Å².